The van der Waals surface area contributed by atoms with Gasteiger partial charge in [-0.3, -0.25) is 14.4 Å². The molecule has 0 aliphatic carbocycles. The SMILES string of the molecule is CC/C=C/CCCCCCCCCC(=O)OCCn1c(=O)n(CCOC(=O)CCCCCCCCC/C=C/CC)c(=O)n(CCOC(=O)CCCCCCCCC/C=C/CC)c1=O. The molecule has 1 rings (SSSR count). The van der Waals surface area contributed by atoms with Gasteiger partial charge in [0.25, 0.3) is 0 Å². The van der Waals surface area contributed by atoms with E-state index in [1.165, 1.54) is 57.8 Å². The summed E-state index contributed by atoms with van der Waals surface area (Å²) >= 11 is 0. The van der Waals surface area contributed by atoms with Gasteiger partial charge >= 0.3 is 35.0 Å². The lowest BCUT2D eigenvalue weighted by molar-refractivity contribution is -0.144. The van der Waals surface area contributed by atoms with Gasteiger partial charge in [0.1, 0.15) is 19.8 Å². The standard InChI is InChI=1S/C51H87N3O9/c1-4-7-10-13-16-19-22-25-28-31-34-37-46(55)61-43-40-52-49(58)53(41-44-62-47(56)38-35-32-29-26-23-20-17-14-11-8-5-2)51(60)54(50(52)59)42-45-63-48(57)39-36-33-30-27-24-21-18-15-12-9-6-3/h7-12H,4-6,13-45H2,1-3H3/b10-7+,11-8+,12-9+. The third-order valence-corrected chi connectivity index (χ3v) is 11.1. The summed E-state index contributed by atoms with van der Waals surface area (Å²) in [6.45, 7) is 4.95. The molecule has 0 aromatic carbocycles. The zero-order valence-corrected chi connectivity index (χ0v) is 39.9. The summed E-state index contributed by atoms with van der Waals surface area (Å²) in [6, 6.07) is 0. The van der Waals surface area contributed by atoms with E-state index in [1.54, 1.807) is 0 Å². The van der Waals surface area contributed by atoms with E-state index in [2.05, 4.69) is 57.2 Å². The summed E-state index contributed by atoms with van der Waals surface area (Å²) in [5, 5.41) is 0. The topological polar surface area (TPSA) is 145 Å². The number of esters is 3. The molecule has 0 N–H and O–H groups in total. The molecule has 12 heteroatoms. The van der Waals surface area contributed by atoms with Gasteiger partial charge in [0.2, 0.25) is 0 Å². The summed E-state index contributed by atoms with van der Waals surface area (Å²) in [4.78, 5) is 77.9. The van der Waals surface area contributed by atoms with Crippen molar-refractivity contribution in [2.24, 2.45) is 0 Å². The lowest BCUT2D eigenvalue weighted by Crippen LogP contribution is -2.55. The molecular formula is C51H87N3O9. The minimum absolute atomic E-state index is 0.227. The largest absolute Gasteiger partial charge is 0.464 e. The van der Waals surface area contributed by atoms with Gasteiger partial charge in [-0.2, -0.15) is 0 Å². The van der Waals surface area contributed by atoms with Crippen molar-refractivity contribution in [3.63, 3.8) is 0 Å². The van der Waals surface area contributed by atoms with Crippen LogP contribution in [-0.4, -0.2) is 51.4 Å². The van der Waals surface area contributed by atoms with Crippen molar-refractivity contribution in [3.8, 4) is 0 Å². The van der Waals surface area contributed by atoms with Crippen LogP contribution >= 0.6 is 0 Å². The Balaban J connectivity index is 2.69. The van der Waals surface area contributed by atoms with E-state index in [0.29, 0.717) is 19.3 Å². The Kier molecular flexibility index (Phi) is 36.9. The van der Waals surface area contributed by atoms with Gasteiger partial charge in [-0.25, -0.2) is 28.1 Å². The van der Waals surface area contributed by atoms with Crippen molar-refractivity contribution in [1.82, 2.24) is 13.7 Å². The van der Waals surface area contributed by atoms with Crippen molar-refractivity contribution in [2.45, 2.75) is 233 Å². The fourth-order valence-electron chi connectivity index (χ4n) is 7.33. The maximum Gasteiger partial charge on any atom is 0.336 e. The van der Waals surface area contributed by atoms with Gasteiger partial charge in [0.15, 0.2) is 0 Å². The monoisotopic (exact) mass is 886 g/mol. The maximum absolute atomic E-state index is 13.5. The van der Waals surface area contributed by atoms with E-state index in [-0.39, 0.29) is 58.7 Å². The van der Waals surface area contributed by atoms with Crippen LogP contribution < -0.4 is 17.1 Å². The van der Waals surface area contributed by atoms with Gasteiger partial charge in [-0.1, -0.05) is 154 Å². The van der Waals surface area contributed by atoms with Crippen molar-refractivity contribution in [3.05, 3.63) is 67.9 Å². The number of nitrogens with zero attached hydrogens (tertiary/aromatic N) is 3. The number of ether oxygens (including phenoxy) is 3. The van der Waals surface area contributed by atoms with Crippen molar-refractivity contribution < 1.29 is 28.6 Å². The van der Waals surface area contributed by atoms with Crippen LogP contribution in [0.25, 0.3) is 0 Å². The average Bonchev–Trinajstić information content (AvgIpc) is 3.27. The van der Waals surface area contributed by atoms with E-state index in [1.807, 2.05) is 0 Å². The predicted molar refractivity (Wildman–Crippen MR) is 255 cm³/mol. The molecule has 12 nitrogen and oxygen atoms in total. The number of rotatable bonds is 42. The minimum Gasteiger partial charge on any atom is -0.464 e. The van der Waals surface area contributed by atoms with Gasteiger partial charge < -0.3 is 14.2 Å². The smallest absolute Gasteiger partial charge is 0.336 e. The summed E-state index contributed by atoms with van der Waals surface area (Å²) < 4.78 is 18.7. The van der Waals surface area contributed by atoms with E-state index < -0.39 is 35.0 Å². The normalized spacial score (nSPS) is 11.7. The fourth-order valence-corrected chi connectivity index (χ4v) is 7.33. The van der Waals surface area contributed by atoms with Crippen LogP contribution in [0, 0.1) is 0 Å². The molecule has 1 aromatic heterocycles. The van der Waals surface area contributed by atoms with Crippen molar-refractivity contribution in [1.29, 1.82) is 0 Å². The molecule has 63 heavy (non-hydrogen) atoms. The summed E-state index contributed by atoms with van der Waals surface area (Å²) in [6.07, 6.45) is 42.8. The minimum atomic E-state index is -0.888. The van der Waals surface area contributed by atoms with Gasteiger partial charge in [-0.05, 0) is 77.0 Å². The fraction of sp³-hybridized carbons (Fsp3) is 0.765. The first-order valence-electron chi connectivity index (χ1n) is 25.1. The third kappa shape index (κ3) is 30.7. The van der Waals surface area contributed by atoms with Gasteiger partial charge in [0, 0.05) is 19.3 Å². The number of carbonyl (C=O) groups is 3. The molecule has 0 saturated heterocycles. The number of hydrogen-bond acceptors (Lipinski definition) is 9. The quantitative estimate of drug-likeness (QED) is 0.0271. The summed E-state index contributed by atoms with van der Waals surface area (Å²) in [5.74, 6) is -1.24. The second-order valence-corrected chi connectivity index (χ2v) is 16.6. The lowest BCUT2D eigenvalue weighted by Gasteiger charge is -2.14. The second-order valence-electron chi connectivity index (χ2n) is 16.6. The molecule has 1 aromatic rings. The van der Waals surface area contributed by atoms with E-state index >= 15 is 0 Å². The molecular weight excluding hydrogens is 799 g/mol. The molecule has 0 saturated carbocycles. The first kappa shape index (κ1) is 57.1. The highest BCUT2D eigenvalue weighted by molar-refractivity contribution is 5.69. The number of allylic oxidation sites excluding steroid dienone is 6. The van der Waals surface area contributed by atoms with Crippen LogP contribution in [0.3, 0.4) is 0 Å². The predicted octanol–water partition coefficient (Wildman–Crippen LogP) is 11.2. The summed E-state index contributed by atoms with van der Waals surface area (Å²) in [5.41, 5.74) is -2.66. The number of unbranched alkanes of at least 4 members (excludes halogenated alkanes) is 21. The highest BCUT2D eigenvalue weighted by Crippen LogP contribution is 2.13. The molecule has 0 amide bonds. The van der Waals surface area contributed by atoms with Gasteiger partial charge in [-0.15, -0.1) is 0 Å². The first-order chi connectivity index (χ1) is 30.8. The molecule has 0 bridgehead atoms. The Morgan fingerprint density at radius 2 is 0.571 bits per heavy atom. The van der Waals surface area contributed by atoms with Crippen LogP contribution in [0.2, 0.25) is 0 Å². The number of carbonyl (C=O) groups excluding carboxylic acids is 3. The average molecular weight is 886 g/mol. The molecule has 0 radical (unpaired) electrons. The molecule has 0 unspecified atom stereocenters. The van der Waals surface area contributed by atoms with Crippen molar-refractivity contribution >= 4 is 17.9 Å². The molecule has 1 heterocycles. The highest BCUT2D eigenvalue weighted by atomic mass is 16.5. The molecule has 0 atom stereocenters. The number of hydrogen-bond donors (Lipinski definition) is 0. The van der Waals surface area contributed by atoms with Crippen LogP contribution in [0.5, 0.6) is 0 Å². The van der Waals surface area contributed by atoms with Crippen molar-refractivity contribution in [2.75, 3.05) is 19.8 Å². The second kappa shape index (κ2) is 40.8. The Bertz CT molecular complexity index is 1390. The highest BCUT2D eigenvalue weighted by Gasteiger charge is 2.17. The van der Waals surface area contributed by atoms with Crippen LogP contribution in [-0.2, 0) is 48.2 Å². The summed E-state index contributed by atoms with van der Waals surface area (Å²) in [7, 11) is 0. The molecule has 0 aliphatic rings. The van der Waals surface area contributed by atoms with E-state index in [0.717, 1.165) is 110 Å². The Morgan fingerprint density at radius 1 is 0.349 bits per heavy atom. The Labute approximate surface area is 379 Å². The molecule has 0 spiro atoms. The lowest BCUT2D eigenvalue weighted by atomic mass is 10.1. The molecule has 0 aliphatic heterocycles. The maximum atomic E-state index is 13.5. The Hall–Kier alpha value is -3.96. The van der Waals surface area contributed by atoms with E-state index in [9.17, 15) is 28.8 Å². The molecule has 360 valence electrons. The van der Waals surface area contributed by atoms with Crippen LogP contribution in [0.1, 0.15) is 213 Å². The first-order valence-corrected chi connectivity index (χ1v) is 25.1. The van der Waals surface area contributed by atoms with Gasteiger partial charge in [0.05, 0.1) is 19.6 Å². The van der Waals surface area contributed by atoms with Crippen LogP contribution in [0.15, 0.2) is 50.8 Å². The molecule has 0 fully saturated rings. The van der Waals surface area contributed by atoms with E-state index in [4.69, 9.17) is 14.2 Å². The van der Waals surface area contributed by atoms with Crippen LogP contribution in [0.4, 0.5) is 0 Å². The third-order valence-electron chi connectivity index (χ3n) is 11.1. The zero-order chi connectivity index (χ0) is 46.0. The number of aromatic nitrogens is 3. The zero-order valence-electron chi connectivity index (χ0n) is 39.9. The Morgan fingerprint density at radius 3 is 0.810 bits per heavy atom.